The van der Waals surface area contributed by atoms with Crippen LogP contribution in [0, 0.1) is 0 Å². The van der Waals surface area contributed by atoms with E-state index in [0.29, 0.717) is 16.1 Å². The largest absolute Gasteiger partial charge is 0.349 e. The fraction of sp³-hybridized carbons (Fsp3) is 0.533. The van der Waals surface area contributed by atoms with Gasteiger partial charge in [0.2, 0.25) is 0 Å². The Hall–Kier alpha value is -0.580. The van der Waals surface area contributed by atoms with Crippen molar-refractivity contribution in [1.82, 2.24) is 10.6 Å². The van der Waals surface area contributed by atoms with E-state index in [4.69, 9.17) is 11.6 Å². The lowest BCUT2D eigenvalue weighted by atomic mass is 9.70. The van der Waals surface area contributed by atoms with Crippen LogP contribution in [0.15, 0.2) is 22.7 Å². The molecule has 2 aliphatic rings. The Labute approximate surface area is 132 Å². The number of benzene rings is 1. The van der Waals surface area contributed by atoms with Gasteiger partial charge in [0.1, 0.15) is 0 Å². The molecule has 108 valence electrons. The van der Waals surface area contributed by atoms with Gasteiger partial charge in [-0.25, -0.2) is 0 Å². The molecule has 3 rings (SSSR count). The molecule has 1 spiro atoms. The number of amides is 1. The zero-order valence-electron chi connectivity index (χ0n) is 11.2. The summed E-state index contributed by atoms with van der Waals surface area (Å²) >= 11 is 9.31. The van der Waals surface area contributed by atoms with Crippen molar-refractivity contribution in [3.8, 4) is 0 Å². The molecule has 1 unspecified atom stereocenters. The van der Waals surface area contributed by atoms with E-state index in [1.165, 1.54) is 19.3 Å². The van der Waals surface area contributed by atoms with Crippen molar-refractivity contribution >= 4 is 33.4 Å². The Morgan fingerprint density at radius 3 is 2.90 bits per heavy atom. The first-order valence-corrected chi connectivity index (χ1v) is 8.26. The van der Waals surface area contributed by atoms with Gasteiger partial charge in [-0.15, -0.1) is 0 Å². The van der Waals surface area contributed by atoms with Gasteiger partial charge in [0.25, 0.3) is 5.91 Å². The van der Waals surface area contributed by atoms with Crippen molar-refractivity contribution in [2.45, 2.75) is 43.7 Å². The van der Waals surface area contributed by atoms with Gasteiger partial charge in [0.05, 0.1) is 5.56 Å². The highest BCUT2D eigenvalue weighted by Gasteiger charge is 2.41. The maximum Gasteiger partial charge on any atom is 0.252 e. The highest BCUT2D eigenvalue weighted by atomic mass is 79.9. The molecule has 1 aliphatic carbocycles. The van der Waals surface area contributed by atoms with E-state index in [-0.39, 0.29) is 11.9 Å². The fourth-order valence-corrected chi connectivity index (χ4v) is 4.06. The molecular formula is C15H18BrClN2O. The third-order valence-electron chi connectivity index (χ3n) is 4.45. The van der Waals surface area contributed by atoms with Crippen LogP contribution in [0.2, 0.25) is 5.02 Å². The fourth-order valence-electron chi connectivity index (χ4n) is 3.20. The van der Waals surface area contributed by atoms with Gasteiger partial charge in [0.15, 0.2) is 0 Å². The van der Waals surface area contributed by atoms with Crippen molar-refractivity contribution in [1.29, 1.82) is 0 Å². The van der Waals surface area contributed by atoms with Crippen LogP contribution < -0.4 is 10.6 Å². The smallest absolute Gasteiger partial charge is 0.252 e. The first-order valence-electron chi connectivity index (χ1n) is 7.09. The number of carbonyl (C=O) groups excluding carboxylic acids is 1. The second-order valence-electron chi connectivity index (χ2n) is 5.85. The van der Waals surface area contributed by atoms with Gasteiger partial charge in [0, 0.05) is 21.1 Å². The first-order chi connectivity index (χ1) is 9.58. The number of hydrogen-bond donors (Lipinski definition) is 2. The summed E-state index contributed by atoms with van der Waals surface area (Å²) in [4.78, 5) is 12.4. The molecular weight excluding hydrogens is 340 g/mol. The van der Waals surface area contributed by atoms with Crippen molar-refractivity contribution in [2.75, 3.05) is 6.54 Å². The molecule has 1 aromatic rings. The summed E-state index contributed by atoms with van der Waals surface area (Å²) in [5, 5.41) is 7.41. The molecule has 2 fully saturated rings. The number of nitrogens with one attached hydrogen (secondary N) is 2. The Kier molecular flexibility index (Phi) is 4.07. The molecule has 1 saturated carbocycles. The number of rotatable bonds is 2. The summed E-state index contributed by atoms with van der Waals surface area (Å²) in [6.07, 6.45) is 5.83. The molecule has 2 N–H and O–H groups in total. The van der Waals surface area contributed by atoms with E-state index >= 15 is 0 Å². The van der Waals surface area contributed by atoms with Crippen molar-refractivity contribution in [2.24, 2.45) is 0 Å². The van der Waals surface area contributed by atoms with Gasteiger partial charge in [-0.1, -0.05) is 11.6 Å². The minimum Gasteiger partial charge on any atom is -0.349 e. The lowest BCUT2D eigenvalue weighted by Crippen LogP contribution is -2.59. The van der Waals surface area contributed by atoms with Crippen LogP contribution in [0.3, 0.4) is 0 Å². The molecule has 0 aromatic heterocycles. The molecule has 1 amide bonds. The number of piperidine rings is 1. The second kappa shape index (κ2) is 5.66. The highest BCUT2D eigenvalue weighted by Crippen LogP contribution is 2.38. The molecule has 0 radical (unpaired) electrons. The standard InChI is InChI=1S/C15H18BrClN2O/c16-13-8-10(17)2-3-12(13)14(20)19-11-4-7-18-15(9-11)5-1-6-15/h2-3,8,11,18H,1,4-7,9H2,(H,19,20). The molecule has 3 nitrogen and oxygen atoms in total. The van der Waals surface area contributed by atoms with Crippen LogP contribution in [0.1, 0.15) is 42.5 Å². The number of carbonyl (C=O) groups is 1. The van der Waals surface area contributed by atoms with E-state index in [9.17, 15) is 4.79 Å². The van der Waals surface area contributed by atoms with Crippen LogP contribution in [0.4, 0.5) is 0 Å². The predicted octanol–water partition coefficient (Wildman–Crippen LogP) is 3.51. The first kappa shape index (κ1) is 14.4. The third-order valence-corrected chi connectivity index (χ3v) is 5.34. The lowest BCUT2D eigenvalue weighted by Gasteiger charge is -2.48. The third kappa shape index (κ3) is 2.87. The van der Waals surface area contributed by atoms with Gasteiger partial charge < -0.3 is 10.6 Å². The normalized spacial score (nSPS) is 24.2. The lowest BCUT2D eigenvalue weighted by molar-refractivity contribution is 0.0852. The monoisotopic (exact) mass is 356 g/mol. The Bertz CT molecular complexity index is 531. The van der Waals surface area contributed by atoms with Crippen LogP contribution in [-0.2, 0) is 0 Å². The van der Waals surface area contributed by atoms with Gasteiger partial charge in [-0.05, 0) is 72.8 Å². The van der Waals surface area contributed by atoms with E-state index < -0.39 is 0 Å². The SMILES string of the molecule is O=C(NC1CCNC2(CCC2)C1)c1ccc(Cl)cc1Br. The molecule has 1 atom stereocenters. The van der Waals surface area contributed by atoms with Crippen molar-refractivity contribution in [3.05, 3.63) is 33.3 Å². The van der Waals surface area contributed by atoms with Gasteiger partial charge in [-0.2, -0.15) is 0 Å². The quantitative estimate of drug-likeness (QED) is 0.850. The van der Waals surface area contributed by atoms with Crippen LogP contribution in [0.5, 0.6) is 0 Å². The summed E-state index contributed by atoms with van der Waals surface area (Å²) in [7, 11) is 0. The van der Waals surface area contributed by atoms with Crippen molar-refractivity contribution < 1.29 is 4.79 Å². The predicted molar refractivity (Wildman–Crippen MR) is 84.2 cm³/mol. The Morgan fingerprint density at radius 2 is 2.25 bits per heavy atom. The summed E-state index contributed by atoms with van der Waals surface area (Å²) in [5.41, 5.74) is 0.948. The second-order valence-corrected chi connectivity index (χ2v) is 7.14. The van der Waals surface area contributed by atoms with E-state index in [1.807, 2.05) is 0 Å². The Balaban J connectivity index is 1.66. The summed E-state index contributed by atoms with van der Waals surface area (Å²) in [6, 6.07) is 5.54. The minimum atomic E-state index is -0.0186. The molecule has 0 bridgehead atoms. The van der Waals surface area contributed by atoms with E-state index in [2.05, 4.69) is 26.6 Å². The van der Waals surface area contributed by atoms with Crippen molar-refractivity contribution in [3.63, 3.8) is 0 Å². The van der Waals surface area contributed by atoms with E-state index in [0.717, 1.165) is 23.9 Å². The molecule has 5 heteroatoms. The minimum absolute atomic E-state index is 0.0186. The van der Waals surface area contributed by atoms with Crippen LogP contribution >= 0.6 is 27.5 Å². The molecule has 1 saturated heterocycles. The van der Waals surface area contributed by atoms with E-state index in [1.54, 1.807) is 18.2 Å². The summed E-state index contributed by atoms with van der Waals surface area (Å²) in [6.45, 7) is 0.993. The van der Waals surface area contributed by atoms with Crippen LogP contribution in [0.25, 0.3) is 0 Å². The number of halogens is 2. The molecule has 1 heterocycles. The maximum absolute atomic E-state index is 12.4. The summed E-state index contributed by atoms with van der Waals surface area (Å²) < 4.78 is 0.745. The average Bonchev–Trinajstić information content (AvgIpc) is 2.37. The summed E-state index contributed by atoms with van der Waals surface area (Å²) in [5.74, 6) is -0.0186. The zero-order valence-corrected chi connectivity index (χ0v) is 13.6. The van der Waals surface area contributed by atoms with Gasteiger partial charge >= 0.3 is 0 Å². The van der Waals surface area contributed by atoms with Crippen LogP contribution in [-0.4, -0.2) is 24.0 Å². The maximum atomic E-state index is 12.4. The highest BCUT2D eigenvalue weighted by molar-refractivity contribution is 9.10. The Morgan fingerprint density at radius 1 is 1.45 bits per heavy atom. The molecule has 1 aliphatic heterocycles. The molecule has 1 aromatic carbocycles. The molecule has 20 heavy (non-hydrogen) atoms. The topological polar surface area (TPSA) is 41.1 Å². The average molecular weight is 358 g/mol. The zero-order chi connectivity index (χ0) is 14.2. The van der Waals surface area contributed by atoms with Gasteiger partial charge in [-0.3, -0.25) is 4.79 Å². The number of hydrogen-bond acceptors (Lipinski definition) is 2.